The van der Waals surface area contributed by atoms with Gasteiger partial charge >= 0.3 is 5.97 Å². The summed E-state index contributed by atoms with van der Waals surface area (Å²) in [7, 11) is -3.47. The van der Waals surface area contributed by atoms with E-state index in [4.69, 9.17) is 5.11 Å². The molecule has 6 nitrogen and oxygen atoms in total. The number of rotatable bonds is 5. The average Bonchev–Trinajstić information content (AvgIpc) is 2.78. The number of amides is 1. The lowest BCUT2D eigenvalue weighted by atomic mass is 10.0. The zero-order valence-electron chi connectivity index (χ0n) is 11.7. The zero-order valence-corrected chi connectivity index (χ0v) is 12.5. The molecule has 2 rings (SSSR count). The topological polar surface area (TPSA) is 101 Å². The minimum atomic E-state index is -3.47. The molecule has 1 aromatic rings. The highest BCUT2D eigenvalue weighted by Crippen LogP contribution is 2.23. The van der Waals surface area contributed by atoms with Crippen LogP contribution in [-0.4, -0.2) is 36.4 Å². The molecule has 2 N–H and O–H groups in total. The first-order valence-corrected chi connectivity index (χ1v) is 8.50. The van der Waals surface area contributed by atoms with E-state index in [0.29, 0.717) is 12.0 Å². The fourth-order valence-corrected chi connectivity index (χ4v) is 4.25. The summed E-state index contributed by atoms with van der Waals surface area (Å²) in [4.78, 5) is 23.1. The molecular formula is C14H16FNO5S. The third-order valence-electron chi connectivity index (χ3n) is 3.59. The molecule has 120 valence electrons. The van der Waals surface area contributed by atoms with Gasteiger partial charge in [0.15, 0.2) is 9.84 Å². The van der Waals surface area contributed by atoms with Crippen LogP contribution >= 0.6 is 0 Å². The molecule has 2 atom stereocenters. The van der Waals surface area contributed by atoms with Crippen LogP contribution in [0.4, 0.5) is 4.39 Å². The standard InChI is InChI=1S/C14H16FNO5S/c15-10-5-3-9(4-6-10)11(8-13(17)18)16-14(19)12-2-1-7-22(12,20)21/h3-6,11-12H,1-2,7-8H2,(H,16,19)(H,17,18). The fraction of sp³-hybridized carbons (Fsp3) is 0.429. The summed E-state index contributed by atoms with van der Waals surface area (Å²) in [5, 5.41) is 10.3. The number of hydrogen-bond acceptors (Lipinski definition) is 4. The molecule has 1 aliphatic heterocycles. The summed E-state index contributed by atoms with van der Waals surface area (Å²) < 4.78 is 36.5. The average molecular weight is 329 g/mol. The van der Waals surface area contributed by atoms with Crippen molar-refractivity contribution < 1.29 is 27.5 Å². The summed E-state index contributed by atoms with van der Waals surface area (Å²) in [6.07, 6.45) is 0.238. The van der Waals surface area contributed by atoms with Crippen LogP contribution in [-0.2, 0) is 19.4 Å². The predicted molar refractivity (Wildman–Crippen MR) is 76.3 cm³/mol. The Morgan fingerprint density at radius 1 is 1.32 bits per heavy atom. The number of carboxylic acids is 1. The molecule has 0 radical (unpaired) electrons. The third kappa shape index (κ3) is 3.82. The van der Waals surface area contributed by atoms with Crippen molar-refractivity contribution in [3.63, 3.8) is 0 Å². The first-order valence-electron chi connectivity index (χ1n) is 6.79. The van der Waals surface area contributed by atoms with Crippen molar-refractivity contribution in [1.82, 2.24) is 5.32 Å². The van der Waals surface area contributed by atoms with Gasteiger partial charge in [-0.15, -0.1) is 0 Å². The van der Waals surface area contributed by atoms with Gasteiger partial charge in [-0.05, 0) is 30.5 Å². The van der Waals surface area contributed by atoms with Gasteiger partial charge in [0.1, 0.15) is 11.1 Å². The van der Waals surface area contributed by atoms with Gasteiger partial charge in [0, 0.05) is 0 Å². The van der Waals surface area contributed by atoms with Crippen LogP contribution in [0.2, 0.25) is 0 Å². The Kier molecular flexibility index (Phi) is 4.80. The number of benzene rings is 1. The second kappa shape index (κ2) is 6.43. The second-order valence-corrected chi connectivity index (χ2v) is 7.51. The van der Waals surface area contributed by atoms with E-state index in [1.807, 2.05) is 0 Å². The highest BCUT2D eigenvalue weighted by Gasteiger charge is 2.38. The van der Waals surface area contributed by atoms with Crippen molar-refractivity contribution in [3.05, 3.63) is 35.6 Å². The molecule has 1 heterocycles. The smallest absolute Gasteiger partial charge is 0.305 e. The molecule has 1 saturated heterocycles. The first-order chi connectivity index (χ1) is 10.3. The lowest BCUT2D eigenvalue weighted by Gasteiger charge is -2.19. The zero-order chi connectivity index (χ0) is 16.3. The number of halogens is 1. The van der Waals surface area contributed by atoms with E-state index in [1.165, 1.54) is 12.1 Å². The molecule has 0 aromatic heterocycles. The van der Waals surface area contributed by atoms with Crippen molar-refractivity contribution in [3.8, 4) is 0 Å². The Labute approximate surface area is 127 Å². The summed E-state index contributed by atoms with van der Waals surface area (Å²) in [5.41, 5.74) is 0.410. The van der Waals surface area contributed by atoms with Crippen molar-refractivity contribution in [2.45, 2.75) is 30.6 Å². The van der Waals surface area contributed by atoms with Crippen LogP contribution in [0.3, 0.4) is 0 Å². The van der Waals surface area contributed by atoms with Gasteiger partial charge in [-0.1, -0.05) is 12.1 Å². The number of carbonyl (C=O) groups is 2. The van der Waals surface area contributed by atoms with E-state index >= 15 is 0 Å². The minimum Gasteiger partial charge on any atom is -0.481 e. The molecule has 0 spiro atoms. The summed E-state index contributed by atoms with van der Waals surface area (Å²) in [6.45, 7) is 0. The Morgan fingerprint density at radius 3 is 2.45 bits per heavy atom. The van der Waals surface area contributed by atoms with Crippen LogP contribution in [0, 0.1) is 5.82 Å². The summed E-state index contributed by atoms with van der Waals surface area (Å²) in [6, 6.07) is 4.14. The molecule has 0 saturated carbocycles. The molecule has 0 aliphatic carbocycles. The predicted octanol–water partition coefficient (Wildman–Crippen LogP) is 1.03. The van der Waals surface area contributed by atoms with Crippen LogP contribution in [0.5, 0.6) is 0 Å². The quantitative estimate of drug-likeness (QED) is 0.840. The Morgan fingerprint density at radius 2 is 1.95 bits per heavy atom. The summed E-state index contributed by atoms with van der Waals surface area (Å²) in [5.74, 6) is -2.37. The number of carbonyl (C=O) groups excluding carboxylic acids is 1. The molecule has 22 heavy (non-hydrogen) atoms. The van der Waals surface area contributed by atoms with E-state index < -0.39 is 45.2 Å². The highest BCUT2D eigenvalue weighted by molar-refractivity contribution is 7.93. The van der Waals surface area contributed by atoms with Gasteiger partial charge in [0.2, 0.25) is 5.91 Å². The van der Waals surface area contributed by atoms with E-state index in [9.17, 15) is 22.4 Å². The van der Waals surface area contributed by atoms with Gasteiger partial charge in [-0.25, -0.2) is 12.8 Å². The number of sulfone groups is 1. The van der Waals surface area contributed by atoms with Gasteiger partial charge in [0.25, 0.3) is 0 Å². The SMILES string of the molecule is O=C(O)CC(NC(=O)C1CCCS1(=O)=O)c1ccc(F)cc1. The number of nitrogens with one attached hydrogen (secondary N) is 1. The second-order valence-electron chi connectivity index (χ2n) is 5.21. The van der Waals surface area contributed by atoms with Crippen molar-refractivity contribution in [2.24, 2.45) is 0 Å². The van der Waals surface area contributed by atoms with E-state index in [0.717, 1.165) is 12.1 Å². The molecule has 8 heteroatoms. The maximum Gasteiger partial charge on any atom is 0.305 e. The Bertz CT molecular complexity index is 671. The molecule has 1 amide bonds. The van der Waals surface area contributed by atoms with E-state index in [2.05, 4.69) is 5.32 Å². The number of hydrogen-bond donors (Lipinski definition) is 2. The van der Waals surface area contributed by atoms with Gasteiger partial charge in [0.05, 0.1) is 18.2 Å². The van der Waals surface area contributed by atoms with Crippen molar-refractivity contribution in [2.75, 3.05) is 5.75 Å². The Hall–Kier alpha value is -1.96. The van der Waals surface area contributed by atoms with E-state index in [-0.39, 0.29) is 12.2 Å². The maximum atomic E-state index is 12.9. The van der Waals surface area contributed by atoms with Crippen LogP contribution in [0.15, 0.2) is 24.3 Å². The first kappa shape index (κ1) is 16.4. The van der Waals surface area contributed by atoms with Crippen LogP contribution in [0.1, 0.15) is 30.9 Å². The third-order valence-corrected chi connectivity index (χ3v) is 5.76. The molecule has 1 aromatic carbocycles. The monoisotopic (exact) mass is 329 g/mol. The largest absolute Gasteiger partial charge is 0.481 e. The summed E-state index contributed by atoms with van der Waals surface area (Å²) >= 11 is 0. The normalized spacial score (nSPS) is 21.2. The van der Waals surface area contributed by atoms with Gasteiger partial charge in [-0.3, -0.25) is 9.59 Å². The lowest BCUT2D eigenvalue weighted by molar-refractivity contribution is -0.137. The molecule has 2 unspecified atom stereocenters. The molecule has 1 fully saturated rings. The fourth-order valence-electron chi connectivity index (χ4n) is 2.47. The maximum absolute atomic E-state index is 12.9. The molecular weight excluding hydrogens is 313 g/mol. The van der Waals surface area contributed by atoms with E-state index in [1.54, 1.807) is 0 Å². The van der Waals surface area contributed by atoms with Crippen molar-refractivity contribution in [1.29, 1.82) is 0 Å². The van der Waals surface area contributed by atoms with Crippen LogP contribution in [0.25, 0.3) is 0 Å². The highest BCUT2D eigenvalue weighted by atomic mass is 32.2. The van der Waals surface area contributed by atoms with Gasteiger partial charge in [-0.2, -0.15) is 0 Å². The number of aliphatic carboxylic acids is 1. The van der Waals surface area contributed by atoms with Crippen LogP contribution < -0.4 is 5.32 Å². The van der Waals surface area contributed by atoms with Crippen molar-refractivity contribution >= 4 is 21.7 Å². The number of carboxylic acid groups (broad SMARTS) is 1. The van der Waals surface area contributed by atoms with Gasteiger partial charge < -0.3 is 10.4 Å². The molecule has 0 bridgehead atoms. The Balaban J connectivity index is 2.18. The minimum absolute atomic E-state index is 0.0365. The lowest BCUT2D eigenvalue weighted by Crippen LogP contribution is -2.40. The molecule has 1 aliphatic rings.